The predicted molar refractivity (Wildman–Crippen MR) is 60.6 cm³/mol. The Morgan fingerprint density at radius 2 is 2.29 bits per heavy atom. The molecule has 0 aliphatic rings. The highest BCUT2D eigenvalue weighted by atomic mass is 35.5. The third-order valence-corrected chi connectivity index (χ3v) is 3.49. The van der Waals surface area contributed by atoms with Crippen LogP contribution in [0.1, 0.15) is 32.5 Å². The summed E-state index contributed by atoms with van der Waals surface area (Å²) >= 11 is 6.17. The first-order chi connectivity index (χ1) is 6.65. The molecule has 0 saturated heterocycles. The molecule has 0 amide bonds. The lowest BCUT2D eigenvalue weighted by molar-refractivity contribution is 0.485. The Morgan fingerprint density at radius 1 is 1.57 bits per heavy atom. The fourth-order valence-electron chi connectivity index (χ4n) is 1.58. The second kappa shape index (κ2) is 5.40. The molecule has 0 radical (unpaired) electrons. The fourth-order valence-corrected chi connectivity index (χ4v) is 1.70. The van der Waals surface area contributed by atoms with E-state index in [2.05, 4.69) is 23.4 Å². The van der Waals surface area contributed by atoms with Crippen molar-refractivity contribution < 1.29 is 0 Å². The molecular weight excluding hydrogens is 196 g/mol. The van der Waals surface area contributed by atoms with Crippen molar-refractivity contribution in [2.24, 2.45) is 13.0 Å². The van der Waals surface area contributed by atoms with Crippen molar-refractivity contribution in [3.8, 4) is 0 Å². The zero-order valence-electron chi connectivity index (χ0n) is 9.20. The second-order valence-corrected chi connectivity index (χ2v) is 4.46. The summed E-state index contributed by atoms with van der Waals surface area (Å²) in [6, 6.07) is 0. The maximum absolute atomic E-state index is 6.17. The number of rotatable bonds is 5. The van der Waals surface area contributed by atoms with Crippen molar-refractivity contribution in [3.05, 3.63) is 18.2 Å². The van der Waals surface area contributed by atoms with Gasteiger partial charge in [0.2, 0.25) is 0 Å². The molecule has 0 N–H and O–H groups in total. The molecule has 0 bridgehead atoms. The average Bonchev–Trinajstić information content (AvgIpc) is 2.59. The Morgan fingerprint density at radius 3 is 2.79 bits per heavy atom. The molecule has 0 fully saturated rings. The zero-order chi connectivity index (χ0) is 10.6. The van der Waals surface area contributed by atoms with Crippen LogP contribution in [0.3, 0.4) is 0 Å². The van der Waals surface area contributed by atoms with Gasteiger partial charge in [-0.2, -0.15) is 0 Å². The number of halogens is 1. The predicted octanol–water partition coefficient (Wildman–Crippen LogP) is 3.01. The minimum absolute atomic E-state index is 0.301. The summed E-state index contributed by atoms with van der Waals surface area (Å²) in [7, 11) is 2.03. The van der Waals surface area contributed by atoms with E-state index in [1.165, 1.54) is 0 Å². The summed E-state index contributed by atoms with van der Waals surface area (Å²) in [5, 5.41) is 0.301. The molecule has 0 aliphatic heterocycles. The molecule has 1 aromatic rings. The van der Waals surface area contributed by atoms with Gasteiger partial charge in [0.15, 0.2) is 0 Å². The van der Waals surface area contributed by atoms with E-state index in [4.69, 9.17) is 11.6 Å². The minimum Gasteiger partial charge on any atom is -0.338 e. The summed E-state index contributed by atoms with van der Waals surface area (Å²) < 4.78 is 2.07. The molecule has 14 heavy (non-hydrogen) atoms. The smallest absolute Gasteiger partial charge is 0.108 e. The number of hydrogen-bond donors (Lipinski definition) is 0. The molecule has 2 unspecified atom stereocenters. The van der Waals surface area contributed by atoms with Crippen LogP contribution in [0.4, 0.5) is 0 Å². The third kappa shape index (κ3) is 3.02. The topological polar surface area (TPSA) is 17.8 Å². The van der Waals surface area contributed by atoms with Crippen LogP contribution < -0.4 is 0 Å². The van der Waals surface area contributed by atoms with Gasteiger partial charge in [0, 0.05) is 31.2 Å². The van der Waals surface area contributed by atoms with Crippen LogP contribution in [-0.4, -0.2) is 14.9 Å². The quantitative estimate of drug-likeness (QED) is 0.690. The molecule has 3 heteroatoms. The maximum Gasteiger partial charge on any atom is 0.108 e. The van der Waals surface area contributed by atoms with Crippen LogP contribution in [0.15, 0.2) is 12.4 Å². The minimum atomic E-state index is 0.301. The van der Waals surface area contributed by atoms with Gasteiger partial charge in [0.25, 0.3) is 0 Å². The largest absolute Gasteiger partial charge is 0.338 e. The van der Waals surface area contributed by atoms with E-state index in [0.717, 1.165) is 25.1 Å². The molecule has 1 aromatic heterocycles. The number of nitrogens with zero attached hydrogens (tertiary/aromatic N) is 2. The SMILES string of the molecule is CCC(Cl)C(C)CCc1nccn1C. The van der Waals surface area contributed by atoms with E-state index in [1.807, 2.05) is 19.4 Å². The van der Waals surface area contributed by atoms with E-state index in [-0.39, 0.29) is 0 Å². The van der Waals surface area contributed by atoms with Crippen molar-refractivity contribution >= 4 is 11.6 Å². The van der Waals surface area contributed by atoms with Crippen molar-refractivity contribution in [2.75, 3.05) is 0 Å². The summed E-state index contributed by atoms with van der Waals surface area (Å²) in [4.78, 5) is 4.29. The van der Waals surface area contributed by atoms with Crippen LogP contribution in [0.5, 0.6) is 0 Å². The number of imidazole rings is 1. The van der Waals surface area contributed by atoms with Gasteiger partial charge in [0.1, 0.15) is 5.82 Å². The van der Waals surface area contributed by atoms with Crippen LogP contribution in [0, 0.1) is 5.92 Å². The number of aromatic nitrogens is 2. The molecule has 2 atom stereocenters. The lowest BCUT2D eigenvalue weighted by Gasteiger charge is -2.15. The summed E-state index contributed by atoms with van der Waals surface area (Å²) in [6.07, 6.45) is 7.01. The average molecular weight is 215 g/mol. The van der Waals surface area contributed by atoms with Gasteiger partial charge >= 0.3 is 0 Å². The number of aryl methyl sites for hydroxylation is 2. The Kier molecular flexibility index (Phi) is 4.46. The highest BCUT2D eigenvalue weighted by Gasteiger charge is 2.12. The monoisotopic (exact) mass is 214 g/mol. The maximum atomic E-state index is 6.17. The van der Waals surface area contributed by atoms with Gasteiger partial charge in [-0.3, -0.25) is 0 Å². The molecule has 0 spiro atoms. The summed E-state index contributed by atoms with van der Waals surface area (Å²) in [5.41, 5.74) is 0. The van der Waals surface area contributed by atoms with Gasteiger partial charge in [-0.1, -0.05) is 13.8 Å². The van der Waals surface area contributed by atoms with Gasteiger partial charge in [0.05, 0.1) is 0 Å². The molecule has 1 heterocycles. The van der Waals surface area contributed by atoms with E-state index in [0.29, 0.717) is 11.3 Å². The molecule has 0 aliphatic carbocycles. The van der Waals surface area contributed by atoms with Crippen LogP contribution >= 0.6 is 11.6 Å². The Bertz CT molecular complexity index is 270. The molecule has 1 rings (SSSR count). The molecule has 80 valence electrons. The van der Waals surface area contributed by atoms with Crippen LogP contribution in [-0.2, 0) is 13.5 Å². The number of alkyl halides is 1. The lowest BCUT2D eigenvalue weighted by Crippen LogP contribution is -2.12. The molecule has 2 nitrogen and oxygen atoms in total. The van der Waals surface area contributed by atoms with E-state index < -0.39 is 0 Å². The first-order valence-electron chi connectivity index (χ1n) is 5.25. The van der Waals surface area contributed by atoms with Crippen molar-refractivity contribution in [3.63, 3.8) is 0 Å². The van der Waals surface area contributed by atoms with Crippen molar-refractivity contribution in [1.29, 1.82) is 0 Å². The van der Waals surface area contributed by atoms with E-state index in [9.17, 15) is 0 Å². The lowest BCUT2D eigenvalue weighted by atomic mass is 9.99. The Hall–Kier alpha value is -0.500. The van der Waals surface area contributed by atoms with Gasteiger partial charge in [-0.15, -0.1) is 11.6 Å². The molecular formula is C11H19ClN2. The van der Waals surface area contributed by atoms with Crippen molar-refractivity contribution in [1.82, 2.24) is 9.55 Å². The normalized spacial score (nSPS) is 15.4. The summed E-state index contributed by atoms with van der Waals surface area (Å²) in [6.45, 7) is 4.35. The van der Waals surface area contributed by atoms with Crippen LogP contribution in [0.2, 0.25) is 0 Å². The fraction of sp³-hybridized carbons (Fsp3) is 0.727. The summed E-state index contributed by atoms with van der Waals surface area (Å²) in [5.74, 6) is 1.72. The van der Waals surface area contributed by atoms with Crippen molar-refractivity contribution in [2.45, 2.75) is 38.5 Å². The van der Waals surface area contributed by atoms with Gasteiger partial charge in [-0.25, -0.2) is 4.98 Å². The number of hydrogen-bond acceptors (Lipinski definition) is 1. The highest BCUT2D eigenvalue weighted by molar-refractivity contribution is 6.20. The van der Waals surface area contributed by atoms with E-state index >= 15 is 0 Å². The molecule has 0 saturated carbocycles. The standard InChI is InChI=1S/C11H19ClN2/c1-4-10(12)9(2)5-6-11-13-7-8-14(11)3/h7-10H,4-6H2,1-3H3. The highest BCUT2D eigenvalue weighted by Crippen LogP contribution is 2.19. The van der Waals surface area contributed by atoms with Gasteiger partial charge in [-0.05, 0) is 18.8 Å². The first kappa shape index (κ1) is 11.6. The molecule has 0 aromatic carbocycles. The van der Waals surface area contributed by atoms with Gasteiger partial charge < -0.3 is 4.57 Å². The zero-order valence-corrected chi connectivity index (χ0v) is 9.96. The third-order valence-electron chi connectivity index (χ3n) is 2.75. The Balaban J connectivity index is 2.37. The van der Waals surface area contributed by atoms with E-state index in [1.54, 1.807) is 0 Å². The Labute approximate surface area is 91.3 Å². The van der Waals surface area contributed by atoms with Crippen LogP contribution in [0.25, 0.3) is 0 Å². The second-order valence-electron chi connectivity index (χ2n) is 3.89. The first-order valence-corrected chi connectivity index (χ1v) is 5.69.